The third-order valence-electron chi connectivity index (χ3n) is 6.01. The van der Waals surface area contributed by atoms with E-state index in [0.29, 0.717) is 10.2 Å². The van der Waals surface area contributed by atoms with Gasteiger partial charge in [-0.1, -0.05) is 27.7 Å². The van der Waals surface area contributed by atoms with E-state index >= 15 is 0 Å². The fourth-order valence-electron chi connectivity index (χ4n) is 3.26. The van der Waals surface area contributed by atoms with Gasteiger partial charge in [0, 0.05) is 6.20 Å². The van der Waals surface area contributed by atoms with E-state index in [1.807, 2.05) is 0 Å². The highest BCUT2D eigenvalue weighted by Gasteiger charge is 2.63. The van der Waals surface area contributed by atoms with E-state index in [-0.39, 0.29) is 23.1 Å². The maximum Gasteiger partial charge on any atom is 0.351 e. The number of aromatic nitrogens is 2. The molecule has 146 valence electrons. The Morgan fingerprint density at radius 3 is 2.73 bits per heavy atom. The van der Waals surface area contributed by atoms with Crippen LogP contribution in [0.3, 0.4) is 0 Å². The Labute approximate surface area is 168 Å². The molecule has 0 saturated carbocycles. The van der Waals surface area contributed by atoms with Crippen molar-refractivity contribution in [2.75, 3.05) is 12.3 Å². The molecule has 2 N–H and O–H groups in total. The van der Waals surface area contributed by atoms with E-state index in [1.54, 1.807) is 6.20 Å². The zero-order valence-electron chi connectivity index (χ0n) is 16.2. The van der Waals surface area contributed by atoms with Gasteiger partial charge in [-0.3, -0.25) is 4.57 Å². The van der Waals surface area contributed by atoms with Gasteiger partial charge in [-0.25, -0.2) is 4.79 Å². The number of fused-ring (bicyclic) bond motifs is 2. The SMILES string of the molecule is CC[C@@]12COC([C@H](n3cc(I)c(N)nc3=O)O1)[C@H]2O[Si](C)(C)C(C)(C)C. The molecule has 2 fully saturated rings. The summed E-state index contributed by atoms with van der Waals surface area (Å²) in [5.41, 5.74) is 4.79. The molecule has 9 heteroatoms. The van der Waals surface area contributed by atoms with Crippen molar-refractivity contribution < 1.29 is 13.9 Å². The average Bonchev–Trinajstić information content (AvgIpc) is 3.02. The lowest BCUT2D eigenvalue weighted by molar-refractivity contribution is -0.175. The summed E-state index contributed by atoms with van der Waals surface area (Å²) >= 11 is 2.07. The predicted molar refractivity (Wildman–Crippen MR) is 111 cm³/mol. The van der Waals surface area contributed by atoms with Crippen LogP contribution in [0.5, 0.6) is 0 Å². The van der Waals surface area contributed by atoms with Crippen molar-refractivity contribution in [3.63, 3.8) is 0 Å². The molecule has 1 unspecified atom stereocenters. The van der Waals surface area contributed by atoms with E-state index in [9.17, 15) is 4.79 Å². The van der Waals surface area contributed by atoms with Crippen LogP contribution >= 0.6 is 22.6 Å². The number of nitrogens with zero attached hydrogens (tertiary/aromatic N) is 2. The van der Waals surface area contributed by atoms with Gasteiger partial charge in [0.15, 0.2) is 14.5 Å². The lowest BCUT2D eigenvalue weighted by Gasteiger charge is -2.40. The summed E-state index contributed by atoms with van der Waals surface area (Å²) in [5, 5.41) is 0.0778. The molecule has 1 aromatic rings. The normalized spacial score (nSPS) is 31.6. The molecule has 0 amide bonds. The second-order valence-electron chi connectivity index (χ2n) is 8.67. The van der Waals surface area contributed by atoms with E-state index in [0.717, 1.165) is 6.42 Å². The zero-order valence-corrected chi connectivity index (χ0v) is 19.4. The van der Waals surface area contributed by atoms with Crippen LogP contribution in [0.4, 0.5) is 5.82 Å². The Morgan fingerprint density at radius 2 is 2.15 bits per heavy atom. The van der Waals surface area contributed by atoms with Crippen LogP contribution < -0.4 is 11.4 Å². The quantitative estimate of drug-likeness (QED) is 0.513. The van der Waals surface area contributed by atoms with Gasteiger partial charge < -0.3 is 19.6 Å². The number of nitrogens with two attached hydrogens (primary N) is 1. The fourth-order valence-corrected chi connectivity index (χ4v) is 5.01. The molecule has 0 radical (unpaired) electrons. The lowest BCUT2D eigenvalue weighted by Crippen LogP contribution is -2.51. The number of ether oxygens (including phenoxy) is 2. The van der Waals surface area contributed by atoms with Gasteiger partial charge in [0.25, 0.3) is 0 Å². The Hall–Kier alpha value is -0.493. The summed E-state index contributed by atoms with van der Waals surface area (Å²) in [6.45, 7) is 13.6. The highest BCUT2D eigenvalue weighted by molar-refractivity contribution is 14.1. The molecule has 2 bridgehead atoms. The number of anilines is 1. The maximum absolute atomic E-state index is 12.4. The minimum absolute atomic E-state index is 0.0778. The Kier molecular flexibility index (Phi) is 5.09. The fraction of sp³-hybridized carbons (Fsp3) is 0.765. The van der Waals surface area contributed by atoms with Gasteiger partial charge in [-0.2, -0.15) is 4.98 Å². The van der Waals surface area contributed by atoms with Crippen molar-refractivity contribution in [1.29, 1.82) is 0 Å². The predicted octanol–water partition coefficient (Wildman–Crippen LogP) is 2.90. The van der Waals surface area contributed by atoms with Crippen LogP contribution in [0.2, 0.25) is 18.1 Å². The molecule has 2 aliphatic heterocycles. The van der Waals surface area contributed by atoms with Crippen molar-refractivity contribution in [1.82, 2.24) is 9.55 Å². The lowest BCUT2D eigenvalue weighted by atomic mass is 9.96. The minimum Gasteiger partial charge on any atom is -0.408 e. The van der Waals surface area contributed by atoms with Gasteiger partial charge in [0.2, 0.25) is 0 Å². The van der Waals surface area contributed by atoms with Gasteiger partial charge >= 0.3 is 5.69 Å². The van der Waals surface area contributed by atoms with E-state index in [1.165, 1.54) is 4.57 Å². The average molecular weight is 493 g/mol. The molecule has 2 aliphatic rings. The van der Waals surface area contributed by atoms with Crippen LogP contribution in [-0.2, 0) is 13.9 Å². The standard InChI is InChI=1S/C17H28IN3O4Si/c1-7-17-9-23-11(12(17)25-26(5,6)16(2,3)4)14(24-17)21-8-10(18)13(19)20-15(21)22/h8,11-12,14H,7,9H2,1-6H3,(H2,19,20,22)/t11?,12-,14-,17+/m1/s1. The second kappa shape index (κ2) is 6.54. The first-order valence-corrected chi connectivity index (χ1v) is 12.9. The number of nitrogen functional groups attached to an aromatic ring is 1. The molecule has 3 heterocycles. The molecule has 0 spiro atoms. The molecule has 4 atom stereocenters. The number of hydrogen-bond donors (Lipinski definition) is 1. The Bertz CT molecular complexity index is 763. The third kappa shape index (κ3) is 3.15. The van der Waals surface area contributed by atoms with Crippen molar-refractivity contribution in [2.24, 2.45) is 0 Å². The van der Waals surface area contributed by atoms with Crippen molar-refractivity contribution in [2.45, 2.75) is 76.3 Å². The van der Waals surface area contributed by atoms with E-state index in [2.05, 4.69) is 68.4 Å². The van der Waals surface area contributed by atoms with Crippen LogP contribution in [0.1, 0.15) is 40.3 Å². The Balaban J connectivity index is 1.97. The topological polar surface area (TPSA) is 88.6 Å². The van der Waals surface area contributed by atoms with Crippen LogP contribution in [-0.4, -0.2) is 42.3 Å². The highest BCUT2D eigenvalue weighted by atomic mass is 127. The summed E-state index contributed by atoms with van der Waals surface area (Å²) in [4.78, 5) is 16.3. The number of hydrogen-bond acceptors (Lipinski definition) is 6. The summed E-state index contributed by atoms with van der Waals surface area (Å²) < 4.78 is 21.4. The van der Waals surface area contributed by atoms with Gasteiger partial charge in [0.05, 0.1) is 10.2 Å². The molecule has 0 aliphatic carbocycles. The highest BCUT2D eigenvalue weighted by Crippen LogP contribution is 2.50. The molecule has 0 aromatic carbocycles. The largest absolute Gasteiger partial charge is 0.408 e. The number of rotatable bonds is 4. The number of halogens is 1. The summed E-state index contributed by atoms with van der Waals surface area (Å²) in [6.07, 6.45) is 1.37. The van der Waals surface area contributed by atoms with Crippen molar-refractivity contribution >= 4 is 36.7 Å². The second-order valence-corrected chi connectivity index (χ2v) is 14.6. The molecule has 7 nitrogen and oxygen atoms in total. The first-order chi connectivity index (χ1) is 11.9. The molecular weight excluding hydrogens is 465 g/mol. The summed E-state index contributed by atoms with van der Waals surface area (Å²) in [7, 11) is -2.03. The maximum atomic E-state index is 12.4. The molecule has 1 aromatic heterocycles. The zero-order chi connectivity index (χ0) is 19.5. The summed E-state index contributed by atoms with van der Waals surface area (Å²) in [5.74, 6) is 0.232. The van der Waals surface area contributed by atoms with Crippen LogP contribution in [0.25, 0.3) is 0 Å². The van der Waals surface area contributed by atoms with Crippen LogP contribution in [0.15, 0.2) is 11.0 Å². The van der Waals surface area contributed by atoms with Crippen molar-refractivity contribution in [3.8, 4) is 0 Å². The molecular formula is C17H28IN3O4Si. The monoisotopic (exact) mass is 493 g/mol. The molecule has 3 rings (SSSR count). The summed E-state index contributed by atoms with van der Waals surface area (Å²) in [6, 6.07) is 0. The van der Waals surface area contributed by atoms with Gasteiger partial charge in [-0.05, 0) is 47.1 Å². The van der Waals surface area contributed by atoms with E-state index < -0.39 is 25.8 Å². The Morgan fingerprint density at radius 1 is 1.50 bits per heavy atom. The van der Waals surface area contributed by atoms with Gasteiger partial charge in [-0.15, -0.1) is 0 Å². The smallest absolute Gasteiger partial charge is 0.351 e. The first-order valence-electron chi connectivity index (χ1n) is 8.93. The first kappa shape index (κ1) is 20.2. The van der Waals surface area contributed by atoms with Crippen LogP contribution in [0, 0.1) is 3.57 Å². The minimum atomic E-state index is -2.03. The van der Waals surface area contributed by atoms with Crippen molar-refractivity contribution in [3.05, 3.63) is 20.3 Å². The third-order valence-corrected chi connectivity index (χ3v) is 11.3. The molecule has 26 heavy (non-hydrogen) atoms. The van der Waals surface area contributed by atoms with Gasteiger partial charge in [0.1, 0.15) is 23.6 Å². The van der Waals surface area contributed by atoms with E-state index in [4.69, 9.17) is 19.6 Å². The molecule has 2 saturated heterocycles.